The molecule has 0 fully saturated rings. The number of rotatable bonds is 1. The summed E-state index contributed by atoms with van der Waals surface area (Å²) in [6.45, 7) is 0. The smallest absolute Gasteiger partial charge is 0.230 e. The van der Waals surface area contributed by atoms with E-state index in [0.29, 0.717) is 16.5 Å². The Kier molecular flexibility index (Phi) is 2.75. The lowest BCUT2D eigenvalue weighted by Gasteiger charge is -2.11. The minimum atomic E-state index is 0.587. The molecule has 0 saturated heterocycles. The van der Waals surface area contributed by atoms with Crippen LogP contribution in [0.3, 0.4) is 0 Å². The van der Waals surface area contributed by atoms with Gasteiger partial charge in [0.1, 0.15) is 5.52 Å². The molecule has 0 aliphatic heterocycles. The van der Waals surface area contributed by atoms with E-state index in [0.717, 1.165) is 28.9 Å². The summed E-state index contributed by atoms with van der Waals surface area (Å²) in [5.74, 6) is 0.602. The first-order chi connectivity index (χ1) is 9.74. The normalized spacial score (nSPS) is 14.7. The van der Waals surface area contributed by atoms with Crippen molar-refractivity contribution in [2.75, 3.05) is 5.73 Å². The largest absolute Gasteiger partial charge is 0.434 e. The van der Waals surface area contributed by atoms with Gasteiger partial charge in [-0.15, -0.1) is 11.3 Å². The molecule has 2 N–H and O–H groups in total. The third-order valence-corrected chi connectivity index (χ3v) is 5.20. The molecule has 0 unspecified atom stereocenters. The van der Waals surface area contributed by atoms with Gasteiger partial charge in [-0.25, -0.2) is 4.98 Å². The van der Waals surface area contributed by atoms with E-state index in [4.69, 9.17) is 21.8 Å². The predicted octanol–water partition coefficient (Wildman–Crippen LogP) is 4.67. The van der Waals surface area contributed by atoms with Crippen LogP contribution in [0, 0.1) is 0 Å². The summed E-state index contributed by atoms with van der Waals surface area (Å²) in [5.41, 5.74) is 9.92. The number of benzene rings is 1. The molecule has 2 heterocycles. The molecule has 1 aliphatic rings. The fraction of sp³-hybridized carbons (Fsp3) is 0.267. The number of hydrogen-bond acceptors (Lipinski definition) is 4. The van der Waals surface area contributed by atoms with Crippen LogP contribution < -0.4 is 5.73 Å². The van der Waals surface area contributed by atoms with Crippen molar-refractivity contribution in [3.8, 4) is 11.5 Å². The summed E-state index contributed by atoms with van der Waals surface area (Å²) in [4.78, 5) is 5.95. The number of fused-ring (bicyclic) bond motifs is 2. The summed E-state index contributed by atoms with van der Waals surface area (Å²) >= 11 is 7.82. The molecule has 0 bridgehead atoms. The molecule has 102 valence electrons. The Morgan fingerprint density at radius 2 is 2.10 bits per heavy atom. The minimum Gasteiger partial charge on any atom is -0.434 e. The van der Waals surface area contributed by atoms with Crippen molar-refractivity contribution in [3.63, 3.8) is 0 Å². The van der Waals surface area contributed by atoms with Gasteiger partial charge in [0, 0.05) is 4.88 Å². The van der Waals surface area contributed by atoms with Gasteiger partial charge >= 0.3 is 0 Å². The molecular formula is C15H13ClN2OS. The van der Waals surface area contributed by atoms with E-state index in [2.05, 4.69) is 4.98 Å². The third-order valence-electron chi connectivity index (χ3n) is 3.78. The topological polar surface area (TPSA) is 52.0 Å². The Balaban J connectivity index is 1.95. The van der Waals surface area contributed by atoms with Gasteiger partial charge in [0.15, 0.2) is 5.58 Å². The van der Waals surface area contributed by atoms with Crippen LogP contribution in [0.4, 0.5) is 5.00 Å². The maximum absolute atomic E-state index is 6.20. The highest BCUT2D eigenvalue weighted by atomic mass is 35.5. The molecule has 1 aromatic carbocycles. The van der Waals surface area contributed by atoms with Crippen molar-refractivity contribution in [2.24, 2.45) is 0 Å². The first-order valence-corrected chi connectivity index (χ1v) is 7.89. The van der Waals surface area contributed by atoms with Crippen molar-refractivity contribution < 1.29 is 4.42 Å². The Morgan fingerprint density at radius 3 is 2.95 bits per heavy atom. The number of oxazole rings is 1. The molecule has 0 saturated carbocycles. The number of nitrogens with zero attached hydrogens (tertiary/aromatic N) is 1. The van der Waals surface area contributed by atoms with Gasteiger partial charge in [-0.05, 0) is 43.4 Å². The van der Waals surface area contributed by atoms with Crippen LogP contribution in [-0.4, -0.2) is 4.98 Å². The average molecular weight is 305 g/mol. The Bertz CT molecular complexity index is 806. The van der Waals surface area contributed by atoms with Gasteiger partial charge in [-0.1, -0.05) is 17.7 Å². The van der Waals surface area contributed by atoms with Crippen molar-refractivity contribution in [1.82, 2.24) is 4.98 Å². The fourth-order valence-electron chi connectivity index (χ4n) is 2.84. The Labute approximate surface area is 125 Å². The predicted molar refractivity (Wildman–Crippen MR) is 83.4 cm³/mol. The van der Waals surface area contributed by atoms with E-state index in [9.17, 15) is 0 Å². The van der Waals surface area contributed by atoms with Gasteiger partial charge in [-0.3, -0.25) is 0 Å². The molecule has 3 aromatic rings. The quantitative estimate of drug-likeness (QED) is 0.710. The Hall–Kier alpha value is -1.52. The molecule has 2 aromatic heterocycles. The highest BCUT2D eigenvalue weighted by Gasteiger charge is 2.24. The van der Waals surface area contributed by atoms with Crippen molar-refractivity contribution in [2.45, 2.75) is 25.7 Å². The molecule has 0 atom stereocenters. The van der Waals surface area contributed by atoms with Gasteiger partial charge in [0.2, 0.25) is 5.89 Å². The van der Waals surface area contributed by atoms with Crippen LogP contribution in [0.1, 0.15) is 23.3 Å². The van der Waals surface area contributed by atoms with Crippen LogP contribution in [0.25, 0.3) is 22.6 Å². The maximum atomic E-state index is 6.20. The first-order valence-electron chi connectivity index (χ1n) is 6.69. The minimum absolute atomic E-state index is 0.587. The molecule has 3 nitrogen and oxygen atoms in total. The van der Waals surface area contributed by atoms with E-state index >= 15 is 0 Å². The van der Waals surface area contributed by atoms with Crippen LogP contribution in [0.15, 0.2) is 22.6 Å². The molecule has 20 heavy (non-hydrogen) atoms. The fourth-order valence-corrected chi connectivity index (χ4v) is 4.20. The molecule has 5 heteroatoms. The number of aromatic nitrogens is 1. The van der Waals surface area contributed by atoms with E-state index in [1.165, 1.54) is 23.3 Å². The zero-order chi connectivity index (χ0) is 13.7. The number of aryl methyl sites for hydroxylation is 1. The number of nitrogens with two attached hydrogens (primary N) is 1. The van der Waals surface area contributed by atoms with E-state index in [-0.39, 0.29) is 0 Å². The second-order valence-corrected chi connectivity index (χ2v) is 6.60. The number of halogens is 1. The van der Waals surface area contributed by atoms with Crippen LogP contribution >= 0.6 is 22.9 Å². The number of para-hydroxylation sites is 1. The molecule has 1 aliphatic carbocycles. The zero-order valence-corrected chi connectivity index (χ0v) is 12.4. The van der Waals surface area contributed by atoms with E-state index in [1.807, 2.05) is 18.2 Å². The summed E-state index contributed by atoms with van der Waals surface area (Å²) < 4.78 is 5.87. The van der Waals surface area contributed by atoms with Gasteiger partial charge in [0.05, 0.1) is 15.6 Å². The lowest BCUT2D eigenvalue weighted by molar-refractivity contribution is 0.617. The zero-order valence-electron chi connectivity index (χ0n) is 10.8. The number of thiophene rings is 1. The SMILES string of the molecule is Nc1sc2c(c1-c1nc3cccc(Cl)c3o1)CCCC2. The molecular weight excluding hydrogens is 292 g/mol. The Morgan fingerprint density at radius 1 is 1.25 bits per heavy atom. The molecule has 0 amide bonds. The second-order valence-electron chi connectivity index (χ2n) is 5.06. The van der Waals surface area contributed by atoms with Crippen LogP contribution in [0.2, 0.25) is 5.02 Å². The van der Waals surface area contributed by atoms with Crippen molar-refractivity contribution in [3.05, 3.63) is 33.7 Å². The highest BCUT2D eigenvalue weighted by molar-refractivity contribution is 7.16. The lowest BCUT2D eigenvalue weighted by atomic mass is 9.95. The molecule has 0 spiro atoms. The van der Waals surface area contributed by atoms with E-state index < -0.39 is 0 Å². The van der Waals surface area contributed by atoms with Crippen molar-refractivity contribution >= 4 is 39.0 Å². The van der Waals surface area contributed by atoms with Crippen LogP contribution in [-0.2, 0) is 12.8 Å². The summed E-state index contributed by atoms with van der Waals surface area (Å²) in [6.07, 6.45) is 4.62. The van der Waals surface area contributed by atoms with Crippen molar-refractivity contribution in [1.29, 1.82) is 0 Å². The number of hydrogen-bond donors (Lipinski definition) is 1. The monoisotopic (exact) mass is 304 g/mol. The molecule has 0 radical (unpaired) electrons. The summed E-state index contributed by atoms with van der Waals surface area (Å²) in [6, 6.07) is 5.60. The highest BCUT2D eigenvalue weighted by Crippen LogP contribution is 2.43. The third kappa shape index (κ3) is 1.75. The van der Waals surface area contributed by atoms with E-state index in [1.54, 1.807) is 11.3 Å². The van der Waals surface area contributed by atoms with Crippen LogP contribution in [0.5, 0.6) is 0 Å². The number of nitrogen functional groups attached to an aromatic ring is 1. The summed E-state index contributed by atoms with van der Waals surface area (Å²) in [7, 11) is 0. The maximum Gasteiger partial charge on any atom is 0.230 e. The van der Waals surface area contributed by atoms with Gasteiger partial charge < -0.3 is 10.2 Å². The van der Waals surface area contributed by atoms with Gasteiger partial charge in [-0.2, -0.15) is 0 Å². The summed E-state index contributed by atoms with van der Waals surface area (Å²) in [5, 5.41) is 1.39. The first kappa shape index (κ1) is 12.2. The molecule has 4 rings (SSSR count). The average Bonchev–Trinajstić information content (AvgIpc) is 2.99. The standard InChI is InChI=1S/C15H13ClN2OS/c16-9-5-3-6-10-13(9)19-15(18-10)12-8-4-1-2-7-11(8)20-14(12)17/h3,5-6H,1-2,4,7,17H2. The van der Waals surface area contributed by atoms with Gasteiger partial charge in [0.25, 0.3) is 0 Å². The second kappa shape index (κ2) is 4.50. The number of anilines is 1. The lowest BCUT2D eigenvalue weighted by Crippen LogP contribution is -1.99.